The molecule has 0 radical (unpaired) electrons. The summed E-state index contributed by atoms with van der Waals surface area (Å²) in [6.45, 7) is 7.53. The van der Waals surface area contributed by atoms with E-state index in [1.54, 1.807) is 0 Å². The molecule has 0 fully saturated rings. The molecule has 0 saturated carbocycles. The first-order chi connectivity index (χ1) is 9.20. The molecule has 0 aliphatic carbocycles. The van der Waals surface area contributed by atoms with Crippen molar-refractivity contribution in [1.82, 2.24) is 4.90 Å². The van der Waals surface area contributed by atoms with Gasteiger partial charge in [-0.3, -0.25) is 4.90 Å². The van der Waals surface area contributed by atoms with Crippen molar-refractivity contribution in [2.45, 2.75) is 20.4 Å². The maximum Gasteiger partial charge on any atom is 0.0351 e. The van der Waals surface area contributed by atoms with E-state index in [0.29, 0.717) is 11.8 Å². The number of hydrogen-bond acceptors (Lipinski definition) is 1. The molecule has 0 bridgehead atoms. The number of nitrogens with zero attached hydrogens (tertiary/aromatic N) is 1. The molecule has 0 atom stereocenters. The fourth-order valence-corrected chi connectivity index (χ4v) is 2.78. The van der Waals surface area contributed by atoms with Crippen LogP contribution in [-0.2, 0) is 6.54 Å². The third-order valence-corrected chi connectivity index (χ3v) is 3.47. The average molecular weight is 312 g/mol. The number of hydrogen-bond donors (Lipinski definition) is 0. The van der Waals surface area contributed by atoms with Crippen LogP contribution in [0.4, 0.5) is 0 Å². The number of rotatable bonds is 6. The van der Waals surface area contributed by atoms with E-state index in [4.69, 9.17) is 11.6 Å². The maximum absolute atomic E-state index is 5.92. The van der Waals surface area contributed by atoms with E-state index in [1.165, 1.54) is 16.3 Å². The van der Waals surface area contributed by atoms with Gasteiger partial charge in [-0.25, -0.2) is 0 Å². The zero-order valence-electron chi connectivity index (χ0n) is 12.2. The van der Waals surface area contributed by atoms with Gasteiger partial charge in [-0.15, -0.1) is 24.0 Å². The molecular formula is C17H23Cl2N. The van der Waals surface area contributed by atoms with Crippen molar-refractivity contribution in [2.75, 3.05) is 19.0 Å². The second-order valence-corrected chi connectivity index (χ2v) is 5.83. The Morgan fingerprint density at radius 2 is 1.75 bits per heavy atom. The van der Waals surface area contributed by atoms with Gasteiger partial charge in [-0.2, -0.15) is 0 Å². The average Bonchev–Trinajstić information content (AvgIpc) is 2.39. The Kier molecular flexibility index (Phi) is 7.36. The quantitative estimate of drug-likeness (QED) is 0.682. The van der Waals surface area contributed by atoms with Crippen LogP contribution >= 0.6 is 24.0 Å². The largest absolute Gasteiger partial charge is 0.298 e. The van der Waals surface area contributed by atoms with Crippen molar-refractivity contribution in [1.29, 1.82) is 0 Å². The number of fused-ring (bicyclic) bond motifs is 1. The Morgan fingerprint density at radius 1 is 1.05 bits per heavy atom. The minimum atomic E-state index is 0. The SMILES string of the molecule is CC(C)CN(CCCl)Cc1cccc2ccccc12.Cl. The van der Waals surface area contributed by atoms with Crippen LogP contribution in [0, 0.1) is 5.92 Å². The van der Waals surface area contributed by atoms with Crippen molar-refractivity contribution < 1.29 is 0 Å². The summed E-state index contributed by atoms with van der Waals surface area (Å²) in [4.78, 5) is 2.44. The van der Waals surface area contributed by atoms with Crippen LogP contribution in [-0.4, -0.2) is 23.9 Å². The summed E-state index contributed by atoms with van der Waals surface area (Å²) in [7, 11) is 0. The molecule has 2 rings (SSSR count). The molecule has 2 aromatic rings. The van der Waals surface area contributed by atoms with Crippen LogP contribution in [0.3, 0.4) is 0 Å². The van der Waals surface area contributed by atoms with Crippen molar-refractivity contribution in [3.63, 3.8) is 0 Å². The lowest BCUT2D eigenvalue weighted by Gasteiger charge is -2.24. The third-order valence-electron chi connectivity index (χ3n) is 3.30. The smallest absolute Gasteiger partial charge is 0.0351 e. The summed E-state index contributed by atoms with van der Waals surface area (Å²) >= 11 is 5.92. The van der Waals surface area contributed by atoms with E-state index >= 15 is 0 Å². The van der Waals surface area contributed by atoms with E-state index in [1.807, 2.05) is 0 Å². The molecule has 0 aliphatic heterocycles. The second-order valence-electron chi connectivity index (χ2n) is 5.46. The Bertz CT molecular complexity index is 520. The van der Waals surface area contributed by atoms with Crippen LogP contribution in [0.15, 0.2) is 42.5 Å². The van der Waals surface area contributed by atoms with Crippen LogP contribution < -0.4 is 0 Å². The normalized spacial score (nSPS) is 11.1. The predicted octanol–water partition coefficient (Wildman–Crippen LogP) is 4.96. The van der Waals surface area contributed by atoms with E-state index in [9.17, 15) is 0 Å². The fourth-order valence-electron chi connectivity index (χ4n) is 2.54. The van der Waals surface area contributed by atoms with E-state index < -0.39 is 0 Å². The van der Waals surface area contributed by atoms with Gasteiger partial charge < -0.3 is 0 Å². The molecule has 0 spiro atoms. The molecule has 0 amide bonds. The van der Waals surface area contributed by atoms with Crippen LogP contribution in [0.2, 0.25) is 0 Å². The van der Waals surface area contributed by atoms with E-state index in [2.05, 4.69) is 61.2 Å². The van der Waals surface area contributed by atoms with Crippen molar-refractivity contribution >= 4 is 34.8 Å². The predicted molar refractivity (Wildman–Crippen MR) is 92.0 cm³/mol. The Hall–Kier alpha value is -0.760. The lowest BCUT2D eigenvalue weighted by molar-refractivity contribution is 0.250. The number of benzene rings is 2. The molecular weight excluding hydrogens is 289 g/mol. The highest BCUT2D eigenvalue weighted by Crippen LogP contribution is 2.20. The Morgan fingerprint density at radius 3 is 2.45 bits per heavy atom. The second kappa shape index (κ2) is 8.51. The summed E-state index contributed by atoms with van der Waals surface area (Å²) in [6, 6.07) is 15.1. The lowest BCUT2D eigenvalue weighted by Crippen LogP contribution is -2.29. The fraction of sp³-hybridized carbons (Fsp3) is 0.412. The molecule has 0 N–H and O–H groups in total. The highest BCUT2D eigenvalue weighted by atomic mass is 35.5. The standard InChI is InChI=1S/C17H22ClN.ClH/c1-14(2)12-19(11-10-18)13-16-8-5-7-15-6-3-4-9-17(15)16;/h3-9,14H,10-13H2,1-2H3;1H. The van der Waals surface area contributed by atoms with Gasteiger partial charge in [0.25, 0.3) is 0 Å². The summed E-state index contributed by atoms with van der Waals surface area (Å²) in [5.74, 6) is 1.36. The van der Waals surface area contributed by atoms with Crippen molar-refractivity contribution in [3.8, 4) is 0 Å². The molecule has 1 nitrogen and oxygen atoms in total. The van der Waals surface area contributed by atoms with Gasteiger partial charge in [0.2, 0.25) is 0 Å². The number of halogens is 2. The van der Waals surface area contributed by atoms with Crippen molar-refractivity contribution in [2.24, 2.45) is 5.92 Å². The van der Waals surface area contributed by atoms with E-state index in [0.717, 1.165) is 19.6 Å². The molecule has 110 valence electrons. The van der Waals surface area contributed by atoms with Gasteiger partial charge >= 0.3 is 0 Å². The maximum atomic E-state index is 5.92. The monoisotopic (exact) mass is 311 g/mol. The molecule has 0 unspecified atom stereocenters. The highest BCUT2D eigenvalue weighted by molar-refractivity contribution is 6.18. The molecule has 0 saturated heterocycles. The summed E-state index contributed by atoms with van der Waals surface area (Å²) in [5.41, 5.74) is 1.39. The van der Waals surface area contributed by atoms with Gasteiger partial charge in [-0.1, -0.05) is 56.3 Å². The molecule has 0 aliphatic rings. The van der Waals surface area contributed by atoms with Crippen LogP contribution in [0.25, 0.3) is 10.8 Å². The molecule has 2 aromatic carbocycles. The van der Waals surface area contributed by atoms with Crippen LogP contribution in [0.1, 0.15) is 19.4 Å². The lowest BCUT2D eigenvalue weighted by atomic mass is 10.0. The zero-order valence-corrected chi connectivity index (χ0v) is 13.8. The molecule has 0 heterocycles. The third kappa shape index (κ3) is 4.66. The van der Waals surface area contributed by atoms with Gasteiger partial charge in [0.05, 0.1) is 0 Å². The molecule has 0 aromatic heterocycles. The van der Waals surface area contributed by atoms with Crippen molar-refractivity contribution in [3.05, 3.63) is 48.0 Å². The van der Waals surface area contributed by atoms with E-state index in [-0.39, 0.29) is 12.4 Å². The summed E-state index contributed by atoms with van der Waals surface area (Å²) in [6.07, 6.45) is 0. The first-order valence-electron chi connectivity index (χ1n) is 6.95. The summed E-state index contributed by atoms with van der Waals surface area (Å²) in [5, 5.41) is 2.67. The minimum Gasteiger partial charge on any atom is -0.298 e. The van der Waals surface area contributed by atoms with Crippen LogP contribution in [0.5, 0.6) is 0 Å². The first kappa shape index (κ1) is 17.3. The highest BCUT2D eigenvalue weighted by Gasteiger charge is 2.09. The minimum absolute atomic E-state index is 0. The summed E-state index contributed by atoms with van der Waals surface area (Å²) < 4.78 is 0. The Balaban J connectivity index is 0.00000200. The molecule has 20 heavy (non-hydrogen) atoms. The van der Waals surface area contributed by atoms with Gasteiger partial charge in [-0.05, 0) is 22.3 Å². The Labute approximate surface area is 133 Å². The zero-order chi connectivity index (χ0) is 13.7. The topological polar surface area (TPSA) is 3.24 Å². The molecule has 3 heteroatoms. The van der Waals surface area contributed by atoms with Gasteiger partial charge in [0.1, 0.15) is 0 Å². The first-order valence-corrected chi connectivity index (χ1v) is 7.49. The van der Waals surface area contributed by atoms with Gasteiger partial charge in [0, 0.05) is 25.5 Å². The number of alkyl halides is 1. The van der Waals surface area contributed by atoms with Gasteiger partial charge in [0.15, 0.2) is 0 Å².